The number of nitrogens with one attached hydrogen (secondary N) is 1. The largest absolute Gasteiger partial charge is 0.422 e. The monoisotopic (exact) mass is 386 g/mol. The van der Waals surface area contributed by atoms with Crippen molar-refractivity contribution in [3.63, 3.8) is 0 Å². The molecule has 0 bridgehead atoms. The van der Waals surface area contributed by atoms with Crippen molar-refractivity contribution in [3.8, 4) is 17.5 Å². The average Bonchev–Trinajstić information content (AvgIpc) is 2.73. The molecule has 0 aliphatic rings. The van der Waals surface area contributed by atoms with E-state index in [1.807, 2.05) is 19.9 Å². The van der Waals surface area contributed by atoms with E-state index in [1.165, 1.54) is 0 Å². The summed E-state index contributed by atoms with van der Waals surface area (Å²) >= 11 is 0. The van der Waals surface area contributed by atoms with Crippen molar-refractivity contribution in [1.82, 2.24) is 9.97 Å². The SMILES string of the molecule is CCN(CC)c1ccc2c(C#N)c(-c3nc4ccccc4c(=O)[nH]3)c(=O)oc2c1. The number of para-hydroxylation sites is 1. The predicted octanol–water partition coefficient (Wildman–Crippen LogP) is 3.41. The summed E-state index contributed by atoms with van der Waals surface area (Å²) in [4.78, 5) is 34.3. The molecule has 7 heteroatoms. The van der Waals surface area contributed by atoms with E-state index in [-0.39, 0.29) is 22.5 Å². The summed E-state index contributed by atoms with van der Waals surface area (Å²) in [6, 6.07) is 14.3. The average molecular weight is 386 g/mol. The molecule has 2 heterocycles. The van der Waals surface area contributed by atoms with Gasteiger partial charge in [0.2, 0.25) is 0 Å². The lowest BCUT2D eigenvalue weighted by atomic mass is 10.0. The maximum Gasteiger partial charge on any atom is 0.348 e. The maximum atomic E-state index is 12.8. The Kier molecular flexibility index (Phi) is 4.61. The highest BCUT2D eigenvalue weighted by Gasteiger charge is 2.20. The Morgan fingerprint density at radius 2 is 1.86 bits per heavy atom. The fraction of sp³-hybridized carbons (Fsp3) is 0.182. The number of benzene rings is 2. The number of H-pyrrole nitrogens is 1. The Hall–Kier alpha value is -3.92. The third-order valence-electron chi connectivity index (χ3n) is 4.98. The maximum absolute atomic E-state index is 12.8. The first-order valence-corrected chi connectivity index (χ1v) is 9.32. The minimum absolute atomic E-state index is 0.0220. The van der Waals surface area contributed by atoms with Gasteiger partial charge in [0.15, 0.2) is 0 Å². The summed E-state index contributed by atoms with van der Waals surface area (Å²) in [6.45, 7) is 5.68. The van der Waals surface area contributed by atoms with Crippen molar-refractivity contribution < 1.29 is 4.42 Å². The van der Waals surface area contributed by atoms with Crippen LogP contribution in [0.25, 0.3) is 33.3 Å². The molecule has 0 saturated carbocycles. The van der Waals surface area contributed by atoms with Gasteiger partial charge in [-0.05, 0) is 38.1 Å². The molecule has 7 nitrogen and oxygen atoms in total. The van der Waals surface area contributed by atoms with Crippen LogP contribution in [0.5, 0.6) is 0 Å². The van der Waals surface area contributed by atoms with Crippen LogP contribution >= 0.6 is 0 Å². The minimum Gasteiger partial charge on any atom is -0.422 e. The summed E-state index contributed by atoms with van der Waals surface area (Å²) in [7, 11) is 0. The van der Waals surface area contributed by atoms with Crippen LogP contribution in [0.1, 0.15) is 19.4 Å². The second-order valence-corrected chi connectivity index (χ2v) is 6.54. The number of nitriles is 1. The van der Waals surface area contributed by atoms with E-state index < -0.39 is 5.63 Å². The molecule has 4 aromatic rings. The van der Waals surface area contributed by atoms with Crippen molar-refractivity contribution in [1.29, 1.82) is 5.26 Å². The van der Waals surface area contributed by atoms with Crippen LogP contribution in [-0.4, -0.2) is 23.1 Å². The second kappa shape index (κ2) is 7.24. The van der Waals surface area contributed by atoms with Crippen LogP contribution in [0.15, 0.2) is 56.5 Å². The molecule has 2 aromatic carbocycles. The van der Waals surface area contributed by atoms with Crippen molar-refractivity contribution in [2.24, 2.45) is 0 Å². The van der Waals surface area contributed by atoms with Gasteiger partial charge in [-0.2, -0.15) is 5.26 Å². The number of anilines is 1. The van der Waals surface area contributed by atoms with Crippen LogP contribution in [0.3, 0.4) is 0 Å². The van der Waals surface area contributed by atoms with Crippen LogP contribution in [0, 0.1) is 11.3 Å². The molecule has 1 N–H and O–H groups in total. The first-order valence-electron chi connectivity index (χ1n) is 9.32. The Balaban J connectivity index is 2.00. The number of fused-ring (bicyclic) bond motifs is 2. The highest BCUT2D eigenvalue weighted by molar-refractivity contribution is 5.91. The van der Waals surface area contributed by atoms with Crippen molar-refractivity contribution in [3.05, 3.63) is 68.8 Å². The Bertz CT molecular complexity index is 1390. The molecule has 29 heavy (non-hydrogen) atoms. The van der Waals surface area contributed by atoms with Gasteiger partial charge in [0.05, 0.1) is 16.5 Å². The quantitative estimate of drug-likeness (QED) is 0.539. The topological polar surface area (TPSA) is 103 Å². The summed E-state index contributed by atoms with van der Waals surface area (Å²) in [6.07, 6.45) is 0. The molecular weight excluding hydrogens is 368 g/mol. The third kappa shape index (κ3) is 3.05. The summed E-state index contributed by atoms with van der Waals surface area (Å²) in [5, 5.41) is 10.7. The van der Waals surface area contributed by atoms with Gasteiger partial charge < -0.3 is 14.3 Å². The molecule has 0 atom stereocenters. The molecule has 2 aromatic heterocycles. The number of hydrogen-bond acceptors (Lipinski definition) is 6. The van der Waals surface area contributed by atoms with Crippen LogP contribution < -0.4 is 16.1 Å². The Morgan fingerprint density at radius 1 is 1.10 bits per heavy atom. The smallest absolute Gasteiger partial charge is 0.348 e. The molecule has 0 aliphatic carbocycles. The fourth-order valence-electron chi connectivity index (χ4n) is 3.51. The van der Waals surface area contributed by atoms with Gasteiger partial charge in [-0.25, -0.2) is 9.78 Å². The number of aromatic nitrogens is 2. The van der Waals surface area contributed by atoms with Crippen molar-refractivity contribution >= 4 is 27.6 Å². The van der Waals surface area contributed by atoms with Crippen LogP contribution in [0.2, 0.25) is 0 Å². The van der Waals surface area contributed by atoms with Gasteiger partial charge in [0.1, 0.15) is 23.0 Å². The van der Waals surface area contributed by atoms with E-state index in [2.05, 4.69) is 20.9 Å². The second-order valence-electron chi connectivity index (χ2n) is 6.54. The zero-order chi connectivity index (χ0) is 20.5. The molecule has 4 rings (SSSR count). The van der Waals surface area contributed by atoms with Gasteiger partial charge in [0.25, 0.3) is 5.56 Å². The van der Waals surface area contributed by atoms with E-state index in [0.717, 1.165) is 18.8 Å². The molecule has 0 amide bonds. The number of nitrogens with zero attached hydrogens (tertiary/aromatic N) is 3. The fourth-order valence-corrected chi connectivity index (χ4v) is 3.51. The van der Waals surface area contributed by atoms with Crippen molar-refractivity contribution in [2.45, 2.75) is 13.8 Å². The van der Waals surface area contributed by atoms with Gasteiger partial charge in [0, 0.05) is 30.2 Å². The van der Waals surface area contributed by atoms with E-state index in [4.69, 9.17) is 4.42 Å². The number of aromatic amines is 1. The lowest BCUT2D eigenvalue weighted by Crippen LogP contribution is -2.21. The standard InChI is InChI=1S/C22H18N4O3/c1-3-26(4-2)13-9-10-14-16(12-23)19(22(28)29-18(14)11-13)20-24-17-8-6-5-7-15(17)21(27)25-20/h5-11H,3-4H2,1-2H3,(H,24,25,27). The normalized spacial score (nSPS) is 10.9. The van der Waals surface area contributed by atoms with Crippen LogP contribution in [-0.2, 0) is 0 Å². The zero-order valence-electron chi connectivity index (χ0n) is 16.0. The molecule has 144 valence electrons. The third-order valence-corrected chi connectivity index (χ3v) is 4.98. The summed E-state index contributed by atoms with van der Waals surface area (Å²) in [5.74, 6) is 0.0220. The Morgan fingerprint density at radius 3 is 2.59 bits per heavy atom. The molecule has 0 spiro atoms. The van der Waals surface area contributed by atoms with E-state index in [0.29, 0.717) is 21.9 Å². The first kappa shape index (κ1) is 18.4. The molecule has 0 aliphatic heterocycles. The molecule has 0 radical (unpaired) electrons. The van der Waals surface area contributed by atoms with Crippen molar-refractivity contribution in [2.75, 3.05) is 18.0 Å². The highest BCUT2D eigenvalue weighted by Crippen LogP contribution is 2.28. The van der Waals surface area contributed by atoms with Crippen LogP contribution in [0.4, 0.5) is 5.69 Å². The minimum atomic E-state index is -0.718. The van der Waals surface area contributed by atoms with E-state index in [9.17, 15) is 14.9 Å². The number of hydrogen-bond donors (Lipinski definition) is 1. The van der Waals surface area contributed by atoms with Gasteiger partial charge in [-0.3, -0.25) is 4.79 Å². The molecule has 0 fully saturated rings. The number of rotatable bonds is 4. The van der Waals surface area contributed by atoms with Gasteiger partial charge in [-0.1, -0.05) is 12.1 Å². The molecule has 0 unspecified atom stereocenters. The molecule has 0 saturated heterocycles. The summed E-state index contributed by atoms with van der Waals surface area (Å²) in [5.41, 5.74) is 0.642. The predicted molar refractivity (Wildman–Crippen MR) is 112 cm³/mol. The molecular formula is C22H18N4O3. The van der Waals surface area contributed by atoms with Gasteiger partial charge >= 0.3 is 5.63 Å². The van der Waals surface area contributed by atoms with E-state index in [1.54, 1.807) is 36.4 Å². The first-order chi connectivity index (χ1) is 14.1. The summed E-state index contributed by atoms with van der Waals surface area (Å²) < 4.78 is 5.53. The highest BCUT2D eigenvalue weighted by atomic mass is 16.4. The lowest BCUT2D eigenvalue weighted by Gasteiger charge is -2.21. The van der Waals surface area contributed by atoms with Gasteiger partial charge in [-0.15, -0.1) is 0 Å². The lowest BCUT2D eigenvalue weighted by molar-refractivity contribution is 0.562. The zero-order valence-corrected chi connectivity index (χ0v) is 16.0. The Labute approximate surface area is 165 Å². The van der Waals surface area contributed by atoms with E-state index >= 15 is 0 Å².